The molecule has 1 heterocycles. The van der Waals surface area contributed by atoms with Crippen molar-refractivity contribution in [3.05, 3.63) is 5.82 Å². The standard InChI is InChI=1S/C10H17N3O2S/c1-4-6-15-9(14)8(5-2)16-10-11-7(3)12-13-10/h8H,4-6H2,1-3H3,(H,11,12,13). The van der Waals surface area contributed by atoms with E-state index in [1.165, 1.54) is 11.8 Å². The molecule has 1 rings (SSSR count). The van der Waals surface area contributed by atoms with Crippen LogP contribution in [0.1, 0.15) is 32.5 Å². The first kappa shape index (κ1) is 13.0. The molecule has 0 saturated carbocycles. The maximum atomic E-state index is 11.6. The number of aryl methyl sites for hydroxylation is 1. The van der Waals surface area contributed by atoms with Crippen LogP contribution in [0.4, 0.5) is 0 Å². The van der Waals surface area contributed by atoms with E-state index in [-0.39, 0.29) is 11.2 Å². The van der Waals surface area contributed by atoms with E-state index in [9.17, 15) is 4.79 Å². The second-order valence-corrected chi connectivity index (χ2v) is 4.56. The normalized spacial score (nSPS) is 12.4. The van der Waals surface area contributed by atoms with Crippen LogP contribution in [0.15, 0.2) is 5.16 Å². The third-order valence-electron chi connectivity index (χ3n) is 1.91. The van der Waals surface area contributed by atoms with Crippen molar-refractivity contribution in [1.29, 1.82) is 0 Å². The van der Waals surface area contributed by atoms with Gasteiger partial charge in [0.25, 0.3) is 0 Å². The van der Waals surface area contributed by atoms with Crippen LogP contribution >= 0.6 is 11.8 Å². The third kappa shape index (κ3) is 3.84. The van der Waals surface area contributed by atoms with Gasteiger partial charge in [0.1, 0.15) is 11.1 Å². The Morgan fingerprint density at radius 2 is 2.31 bits per heavy atom. The molecular formula is C10H17N3O2S. The molecule has 1 aromatic rings. The van der Waals surface area contributed by atoms with Gasteiger partial charge in [-0.2, -0.15) is 0 Å². The SMILES string of the molecule is CCCOC(=O)C(CC)Sc1n[nH]c(C)n1. The summed E-state index contributed by atoms with van der Waals surface area (Å²) in [5.41, 5.74) is 0. The molecule has 0 aliphatic heterocycles. The lowest BCUT2D eigenvalue weighted by Gasteiger charge is -2.11. The predicted octanol–water partition coefficient (Wildman–Crippen LogP) is 1.94. The van der Waals surface area contributed by atoms with Crippen molar-refractivity contribution in [1.82, 2.24) is 15.2 Å². The number of H-pyrrole nitrogens is 1. The van der Waals surface area contributed by atoms with Gasteiger partial charge < -0.3 is 4.74 Å². The number of hydrogen-bond acceptors (Lipinski definition) is 5. The number of carbonyl (C=O) groups excluding carboxylic acids is 1. The molecule has 0 aliphatic carbocycles. The highest BCUT2D eigenvalue weighted by Gasteiger charge is 2.21. The Balaban J connectivity index is 2.51. The van der Waals surface area contributed by atoms with Crippen LogP contribution in [-0.2, 0) is 9.53 Å². The number of nitrogens with zero attached hydrogens (tertiary/aromatic N) is 2. The zero-order chi connectivity index (χ0) is 12.0. The van der Waals surface area contributed by atoms with Crippen molar-refractivity contribution in [2.24, 2.45) is 0 Å². The molecule has 0 aliphatic rings. The Morgan fingerprint density at radius 1 is 1.56 bits per heavy atom. The molecule has 16 heavy (non-hydrogen) atoms. The Labute approximate surface area is 99.4 Å². The Morgan fingerprint density at radius 3 is 2.81 bits per heavy atom. The van der Waals surface area contributed by atoms with E-state index >= 15 is 0 Å². The fraction of sp³-hybridized carbons (Fsp3) is 0.700. The zero-order valence-corrected chi connectivity index (χ0v) is 10.6. The van der Waals surface area contributed by atoms with E-state index in [0.717, 1.165) is 12.2 Å². The smallest absolute Gasteiger partial charge is 0.319 e. The minimum atomic E-state index is -0.221. The summed E-state index contributed by atoms with van der Waals surface area (Å²) in [7, 11) is 0. The van der Waals surface area contributed by atoms with Gasteiger partial charge in [0.05, 0.1) is 6.61 Å². The number of nitrogens with one attached hydrogen (secondary N) is 1. The number of aromatic amines is 1. The summed E-state index contributed by atoms with van der Waals surface area (Å²) in [4.78, 5) is 15.8. The highest BCUT2D eigenvalue weighted by molar-refractivity contribution is 8.00. The van der Waals surface area contributed by atoms with Crippen LogP contribution in [0.3, 0.4) is 0 Å². The maximum absolute atomic E-state index is 11.6. The van der Waals surface area contributed by atoms with Crippen molar-refractivity contribution in [3.8, 4) is 0 Å². The quantitative estimate of drug-likeness (QED) is 0.611. The van der Waals surface area contributed by atoms with Crippen LogP contribution < -0.4 is 0 Å². The number of carbonyl (C=O) groups is 1. The molecule has 0 radical (unpaired) electrons. The van der Waals surface area contributed by atoms with Crippen molar-refractivity contribution in [2.75, 3.05) is 6.61 Å². The molecule has 1 aromatic heterocycles. The van der Waals surface area contributed by atoms with E-state index in [2.05, 4.69) is 15.2 Å². The fourth-order valence-electron chi connectivity index (χ4n) is 1.10. The lowest BCUT2D eigenvalue weighted by atomic mass is 10.3. The van der Waals surface area contributed by atoms with Gasteiger partial charge in [-0.25, -0.2) is 4.98 Å². The van der Waals surface area contributed by atoms with E-state index in [4.69, 9.17) is 4.74 Å². The number of esters is 1. The minimum Gasteiger partial charge on any atom is -0.465 e. The molecule has 0 fully saturated rings. The lowest BCUT2D eigenvalue weighted by molar-refractivity contribution is -0.143. The van der Waals surface area contributed by atoms with Gasteiger partial charge in [-0.15, -0.1) is 5.10 Å². The first-order valence-electron chi connectivity index (χ1n) is 5.39. The fourth-order valence-corrected chi connectivity index (χ4v) is 1.97. The molecule has 1 unspecified atom stereocenters. The maximum Gasteiger partial charge on any atom is 0.319 e. The zero-order valence-electron chi connectivity index (χ0n) is 9.82. The lowest BCUT2D eigenvalue weighted by Crippen LogP contribution is -2.20. The first-order valence-corrected chi connectivity index (χ1v) is 6.27. The van der Waals surface area contributed by atoms with Crippen LogP contribution in [0.25, 0.3) is 0 Å². The summed E-state index contributed by atoms with van der Waals surface area (Å²) in [5, 5.41) is 7.11. The number of rotatable bonds is 6. The molecule has 0 spiro atoms. The molecule has 90 valence electrons. The van der Waals surface area contributed by atoms with Gasteiger partial charge in [0.2, 0.25) is 5.16 Å². The van der Waals surface area contributed by atoms with Crippen molar-refractivity contribution < 1.29 is 9.53 Å². The van der Waals surface area contributed by atoms with Crippen LogP contribution in [0.2, 0.25) is 0 Å². The van der Waals surface area contributed by atoms with E-state index in [1.54, 1.807) is 0 Å². The topological polar surface area (TPSA) is 67.9 Å². The monoisotopic (exact) mass is 243 g/mol. The molecule has 0 amide bonds. The van der Waals surface area contributed by atoms with Gasteiger partial charge >= 0.3 is 5.97 Å². The molecule has 0 aromatic carbocycles. The predicted molar refractivity (Wildman–Crippen MR) is 62.3 cm³/mol. The second kappa shape index (κ2) is 6.52. The molecule has 1 N–H and O–H groups in total. The molecule has 6 heteroatoms. The van der Waals surface area contributed by atoms with Crippen LogP contribution in [0, 0.1) is 6.92 Å². The van der Waals surface area contributed by atoms with Crippen molar-refractivity contribution in [3.63, 3.8) is 0 Å². The number of aromatic nitrogens is 3. The summed E-state index contributed by atoms with van der Waals surface area (Å²) in [6.07, 6.45) is 1.55. The minimum absolute atomic E-state index is 0.184. The average Bonchev–Trinajstić information content (AvgIpc) is 2.68. The third-order valence-corrected chi connectivity index (χ3v) is 3.11. The number of thioether (sulfide) groups is 1. The van der Waals surface area contributed by atoms with Crippen molar-refractivity contribution in [2.45, 2.75) is 44.0 Å². The van der Waals surface area contributed by atoms with Crippen LogP contribution in [-0.4, -0.2) is 33.0 Å². The highest BCUT2D eigenvalue weighted by atomic mass is 32.2. The molecular weight excluding hydrogens is 226 g/mol. The Bertz CT molecular complexity index is 341. The molecule has 5 nitrogen and oxygen atoms in total. The molecule has 0 saturated heterocycles. The highest BCUT2D eigenvalue weighted by Crippen LogP contribution is 2.22. The van der Waals surface area contributed by atoms with Crippen molar-refractivity contribution >= 4 is 17.7 Å². The van der Waals surface area contributed by atoms with Gasteiger partial charge in [-0.05, 0) is 19.8 Å². The van der Waals surface area contributed by atoms with E-state index in [0.29, 0.717) is 18.2 Å². The number of ether oxygens (including phenoxy) is 1. The molecule has 1 atom stereocenters. The number of hydrogen-bond donors (Lipinski definition) is 1. The van der Waals surface area contributed by atoms with Gasteiger partial charge in [-0.1, -0.05) is 25.6 Å². The summed E-state index contributed by atoms with van der Waals surface area (Å²) in [6, 6.07) is 0. The van der Waals surface area contributed by atoms with E-state index < -0.39 is 0 Å². The second-order valence-electron chi connectivity index (χ2n) is 3.39. The molecule has 0 bridgehead atoms. The Hall–Kier alpha value is -1.04. The van der Waals surface area contributed by atoms with E-state index in [1.807, 2.05) is 20.8 Å². The average molecular weight is 243 g/mol. The van der Waals surface area contributed by atoms with Crippen LogP contribution in [0.5, 0.6) is 0 Å². The summed E-state index contributed by atoms with van der Waals surface area (Å²) in [6.45, 7) is 6.22. The van der Waals surface area contributed by atoms with Gasteiger partial charge in [-0.3, -0.25) is 9.89 Å². The van der Waals surface area contributed by atoms with Gasteiger partial charge in [0.15, 0.2) is 0 Å². The summed E-state index contributed by atoms with van der Waals surface area (Å²) >= 11 is 1.34. The van der Waals surface area contributed by atoms with Gasteiger partial charge in [0, 0.05) is 0 Å². The Kier molecular flexibility index (Phi) is 5.31. The largest absolute Gasteiger partial charge is 0.465 e. The summed E-state index contributed by atoms with van der Waals surface area (Å²) in [5.74, 6) is 0.566. The first-order chi connectivity index (χ1) is 7.67. The summed E-state index contributed by atoms with van der Waals surface area (Å²) < 4.78 is 5.10.